The highest BCUT2D eigenvalue weighted by molar-refractivity contribution is 7.67. The van der Waals surface area contributed by atoms with Crippen LogP contribution in [0, 0.1) is 0 Å². The number of benzene rings is 1. The maximum absolute atomic E-state index is 12.2. The first-order valence-electron chi connectivity index (χ1n) is 6.06. The maximum Gasteiger partial charge on any atom is 0.237 e. The molecule has 0 radical (unpaired) electrons. The Morgan fingerprint density at radius 2 is 1.71 bits per heavy atom. The first-order valence-corrected chi connectivity index (χ1v) is 7.84. The number of hydrogen-bond acceptors (Lipinski definition) is 2. The van der Waals surface area contributed by atoms with Crippen LogP contribution in [-0.2, 0) is 4.57 Å². The highest BCUT2D eigenvalue weighted by atomic mass is 31.2. The van der Waals surface area contributed by atoms with Gasteiger partial charge in [-0.05, 0) is 31.5 Å². The zero-order chi connectivity index (χ0) is 12.6. The van der Waals surface area contributed by atoms with Gasteiger partial charge in [-0.25, -0.2) is 0 Å². The first kappa shape index (κ1) is 14.4. The smallest absolute Gasteiger partial charge is 0.237 e. The molecule has 0 aliphatic carbocycles. The van der Waals surface area contributed by atoms with E-state index >= 15 is 0 Å². The van der Waals surface area contributed by atoms with Gasteiger partial charge in [0.2, 0.25) is 7.44 Å². The van der Waals surface area contributed by atoms with Gasteiger partial charge in [0.1, 0.15) is 0 Å². The molecule has 5 heteroatoms. The van der Waals surface area contributed by atoms with E-state index in [1.807, 2.05) is 18.2 Å². The summed E-state index contributed by atoms with van der Waals surface area (Å²) in [5.74, 6) is 0. The summed E-state index contributed by atoms with van der Waals surface area (Å²) in [6.45, 7) is 1.43. The third-order valence-corrected chi connectivity index (χ3v) is 4.38. The van der Waals surface area contributed by atoms with Gasteiger partial charge in [0, 0.05) is 11.8 Å². The Morgan fingerprint density at radius 1 is 1.06 bits per heavy atom. The molecule has 0 aliphatic rings. The molecular formula is C12H22N3OP. The lowest BCUT2D eigenvalue weighted by Gasteiger charge is -2.14. The summed E-state index contributed by atoms with van der Waals surface area (Å²) < 4.78 is 12.2. The Balaban J connectivity index is 2.28. The van der Waals surface area contributed by atoms with Crippen molar-refractivity contribution in [3.63, 3.8) is 0 Å². The molecule has 0 saturated heterocycles. The van der Waals surface area contributed by atoms with Crippen molar-refractivity contribution in [2.75, 3.05) is 13.1 Å². The van der Waals surface area contributed by atoms with Crippen molar-refractivity contribution in [2.24, 2.45) is 11.2 Å². The Bertz CT molecular complexity index is 356. The normalized spacial score (nSPS) is 14.5. The number of rotatable bonds is 8. The van der Waals surface area contributed by atoms with Crippen molar-refractivity contribution in [3.8, 4) is 0 Å². The summed E-state index contributed by atoms with van der Waals surface area (Å²) in [7, 11) is -2.88. The molecule has 17 heavy (non-hydrogen) atoms. The third-order valence-electron chi connectivity index (χ3n) is 2.62. The van der Waals surface area contributed by atoms with E-state index in [4.69, 9.17) is 11.2 Å². The second-order valence-electron chi connectivity index (χ2n) is 4.10. The van der Waals surface area contributed by atoms with Crippen LogP contribution in [0.15, 0.2) is 30.3 Å². The highest BCUT2D eigenvalue weighted by Gasteiger charge is 2.16. The standard InChI is InChI=1S/C12H22N3OP/c13-10-6-1-2-7-11-15-17(14,16)12-8-4-3-5-9-12/h3-5,8-9H,1-2,6-7,10-11,13H2,(H3,14,15,16). The van der Waals surface area contributed by atoms with Crippen LogP contribution in [-0.4, -0.2) is 13.1 Å². The summed E-state index contributed by atoms with van der Waals surface area (Å²) in [5.41, 5.74) is 11.2. The molecule has 1 unspecified atom stereocenters. The number of unbranched alkanes of at least 4 members (excludes halogenated alkanes) is 3. The molecule has 0 fully saturated rings. The molecule has 96 valence electrons. The molecular weight excluding hydrogens is 233 g/mol. The maximum atomic E-state index is 12.2. The predicted octanol–water partition coefficient (Wildman–Crippen LogP) is 1.57. The van der Waals surface area contributed by atoms with E-state index in [2.05, 4.69) is 5.09 Å². The fourth-order valence-corrected chi connectivity index (χ4v) is 2.90. The number of nitrogens with two attached hydrogens (primary N) is 2. The summed E-state index contributed by atoms with van der Waals surface area (Å²) in [6.07, 6.45) is 4.25. The molecule has 0 spiro atoms. The Morgan fingerprint density at radius 3 is 2.35 bits per heavy atom. The average Bonchev–Trinajstić information content (AvgIpc) is 2.35. The summed E-state index contributed by atoms with van der Waals surface area (Å²) >= 11 is 0. The van der Waals surface area contributed by atoms with Gasteiger partial charge in [0.15, 0.2) is 0 Å². The quantitative estimate of drug-likeness (QED) is 0.486. The van der Waals surface area contributed by atoms with Crippen molar-refractivity contribution < 1.29 is 4.57 Å². The van der Waals surface area contributed by atoms with E-state index in [9.17, 15) is 4.57 Å². The van der Waals surface area contributed by atoms with Crippen LogP contribution in [0.1, 0.15) is 25.7 Å². The molecule has 0 heterocycles. The van der Waals surface area contributed by atoms with Crippen LogP contribution in [0.5, 0.6) is 0 Å². The van der Waals surface area contributed by atoms with Gasteiger partial charge in [0.25, 0.3) is 0 Å². The second-order valence-corrected chi connectivity index (χ2v) is 6.25. The Labute approximate surface area is 103 Å². The zero-order valence-corrected chi connectivity index (χ0v) is 11.0. The molecule has 0 amide bonds. The van der Waals surface area contributed by atoms with E-state index in [0.717, 1.165) is 32.2 Å². The minimum Gasteiger partial charge on any atom is -0.330 e. The van der Waals surface area contributed by atoms with Crippen LogP contribution in [0.4, 0.5) is 0 Å². The lowest BCUT2D eigenvalue weighted by molar-refractivity contribution is 0.566. The predicted molar refractivity (Wildman–Crippen MR) is 73.4 cm³/mol. The molecule has 1 atom stereocenters. The van der Waals surface area contributed by atoms with Gasteiger partial charge in [-0.3, -0.25) is 15.2 Å². The molecule has 0 bridgehead atoms. The number of hydrogen-bond donors (Lipinski definition) is 3. The fourth-order valence-electron chi connectivity index (χ4n) is 1.61. The van der Waals surface area contributed by atoms with E-state index < -0.39 is 7.44 Å². The number of nitrogens with one attached hydrogen (secondary N) is 1. The van der Waals surface area contributed by atoms with Gasteiger partial charge in [0.05, 0.1) is 0 Å². The van der Waals surface area contributed by atoms with Gasteiger partial charge < -0.3 is 5.73 Å². The van der Waals surface area contributed by atoms with Gasteiger partial charge in [-0.1, -0.05) is 31.0 Å². The second kappa shape index (κ2) is 7.62. The van der Waals surface area contributed by atoms with Crippen LogP contribution in [0.25, 0.3) is 0 Å². The lowest BCUT2D eigenvalue weighted by Crippen LogP contribution is -2.25. The molecule has 5 N–H and O–H groups in total. The minimum atomic E-state index is -2.88. The molecule has 0 aromatic heterocycles. The molecule has 1 aromatic carbocycles. The molecule has 0 saturated carbocycles. The van der Waals surface area contributed by atoms with Crippen LogP contribution >= 0.6 is 7.44 Å². The topological polar surface area (TPSA) is 81.1 Å². The highest BCUT2D eigenvalue weighted by Crippen LogP contribution is 2.28. The molecule has 1 aromatic rings. The van der Waals surface area contributed by atoms with Gasteiger partial charge in [-0.2, -0.15) is 0 Å². The lowest BCUT2D eigenvalue weighted by atomic mass is 10.2. The summed E-state index contributed by atoms with van der Waals surface area (Å²) in [4.78, 5) is 0. The molecule has 4 nitrogen and oxygen atoms in total. The van der Waals surface area contributed by atoms with Gasteiger partial charge in [-0.15, -0.1) is 0 Å². The van der Waals surface area contributed by atoms with Crippen LogP contribution < -0.4 is 21.6 Å². The van der Waals surface area contributed by atoms with E-state index in [-0.39, 0.29) is 0 Å². The monoisotopic (exact) mass is 255 g/mol. The summed E-state index contributed by atoms with van der Waals surface area (Å²) in [5, 5.41) is 3.64. The average molecular weight is 255 g/mol. The van der Waals surface area contributed by atoms with Crippen molar-refractivity contribution in [1.29, 1.82) is 0 Å². The van der Waals surface area contributed by atoms with Crippen molar-refractivity contribution >= 4 is 12.7 Å². The van der Waals surface area contributed by atoms with E-state index in [1.54, 1.807) is 12.1 Å². The Kier molecular flexibility index (Phi) is 6.45. The molecule has 1 rings (SSSR count). The largest absolute Gasteiger partial charge is 0.330 e. The summed E-state index contributed by atoms with van der Waals surface area (Å²) in [6, 6.07) is 9.16. The fraction of sp³-hybridized carbons (Fsp3) is 0.500. The van der Waals surface area contributed by atoms with Crippen LogP contribution in [0.3, 0.4) is 0 Å². The van der Waals surface area contributed by atoms with Crippen LogP contribution in [0.2, 0.25) is 0 Å². The van der Waals surface area contributed by atoms with Crippen molar-refractivity contribution in [1.82, 2.24) is 5.09 Å². The van der Waals surface area contributed by atoms with E-state index in [1.165, 1.54) is 0 Å². The minimum absolute atomic E-state index is 0.682. The SMILES string of the molecule is NCCCCCCNP(N)(=O)c1ccccc1. The zero-order valence-electron chi connectivity index (χ0n) is 10.1. The van der Waals surface area contributed by atoms with E-state index in [0.29, 0.717) is 11.8 Å². The molecule has 0 aliphatic heterocycles. The first-order chi connectivity index (χ1) is 8.17. The van der Waals surface area contributed by atoms with Crippen molar-refractivity contribution in [3.05, 3.63) is 30.3 Å². The Hall–Kier alpha value is -0.670. The van der Waals surface area contributed by atoms with Gasteiger partial charge >= 0.3 is 0 Å². The third kappa shape index (κ3) is 5.46. The van der Waals surface area contributed by atoms with Crippen molar-refractivity contribution in [2.45, 2.75) is 25.7 Å².